The van der Waals surface area contributed by atoms with E-state index in [1.165, 1.54) is 0 Å². The maximum Gasteiger partial charge on any atom is 0.348 e. The van der Waals surface area contributed by atoms with Crippen LogP contribution >= 0.6 is 22.9 Å². The molecule has 0 aliphatic rings. The lowest BCUT2D eigenvalue weighted by Crippen LogP contribution is -2.15. The molecular formula is C13H16ClNO5S. The van der Waals surface area contributed by atoms with E-state index >= 15 is 0 Å². The smallest absolute Gasteiger partial charge is 0.348 e. The van der Waals surface area contributed by atoms with Crippen LogP contribution in [0.15, 0.2) is 0 Å². The topological polar surface area (TPSA) is 81.7 Å². The number of thiophene rings is 1. The van der Waals surface area contributed by atoms with Crippen molar-refractivity contribution in [3.05, 3.63) is 16.0 Å². The van der Waals surface area contributed by atoms with E-state index in [2.05, 4.69) is 5.32 Å². The summed E-state index contributed by atoms with van der Waals surface area (Å²) in [5.41, 5.74) is 0.574. The minimum atomic E-state index is -0.605. The number of hydrogen-bond donors (Lipinski definition) is 1. The molecule has 1 N–H and O–H groups in total. The summed E-state index contributed by atoms with van der Waals surface area (Å²) in [5, 5.41) is 2.73. The van der Waals surface area contributed by atoms with Gasteiger partial charge in [0, 0.05) is 0 Å². The van der Waals surface area contributed by atoms with Gasteiger partial charge in [0.1, 0.15) is 15.8 Å². The number of hydrogen-bond acceptors (Lipinski definition) is 6. The van der Waals surface area contributed by atoms with Gasteiger partial charge in [0.05, 0.1) is 18.8 Å². The molecule has 0 saturated heterocycles. The number of halogens is 1. The second-order valence-corrected chi connectivity index (χ2v) is 5.17. The van der Waals surface area contributed by atoms with Crippen molar-refractivity contribution in [2.75, 3.05) is 24.4 Å². The molecular weight excluding hydrogens is 318 g/mol. The number of ether oxygens (including phenoxy) is 2. The molecule has 0 atom stereocenters. The zero-order chi connectivity index (χ0) is 16.0. The van der Waals surface area contributed by atoms with Crippen molar-refractivity contribution in [3.8, 4) is 0 Å². The molecule has 21 heavy (non-hydrogen) atoms. The Labute approximate surface area is 131 Å². The Morgan fingerprint density at radius 3 is 2.24 bits per heavy atom. The first-order valence-electron chi connectivity index (χ1n) is 6.29. The van der Waals surface area contributed by atoms with Gasteiger partial charge in [-0.15, -0.1) is 22.9 Å². The molecule has 8 heteroatoms. The normalized spacial score (nSPS) is 10.1. The van der Waals surface area contributed by atoms with E-state index in [-0.39, 0.29) is 34.5 Å². The molecule has 0 fully saturated rings. The molecule has 1 amide bonds. The molecule has 1 aromatic rings. The molecule has 0 spiro atoms. The number of alkyl halides is 1. The van der Waals surface area contributed by atoms with Crippen LogP contribution in [0.3, 0.4) is 0 Å². The number of rotatable bonds is 6. The molecule has 1 rings (SSSR count). The molecule has 0 aliphatic carbocycles. The summed E-state index contributed by atoms with van der Waals surface area (Å²) >= 11 is 6.40. The summed E-state index contributed by atoms with van der Waals surface area (Å²) in [4.78, 5) is 35.5. The van der Waals surface area contributed by atoms with E-state index in [4.69, 9.17) is 21.1 Å². The first-order chi connectivity index (χ1) is 9.96. The van der Waals surface area contributed by atoms with Gasteiger partial charge in [-0.25, -0.2) is 9.59 Å². The Bertz CT molecular complexity index is 555. The fraction of sp³-hybridized carbons (Fsp3) is 0.462. The number of anilines is 1. The van der Waals surface area contributed by atoms with Gasteiger partial charge in [0.2, 0.25) is 5.91 Å². The van der Waals surface area contributed by atoms with Gasteiger partial charge >= 0.3 is 11.9 Å². The lowest BCUT2D eigenvalue weighted by molar-refractivity contribution is -0.113. The predicted octanol–water partition coefficient (Wildman–Crippen LogP) is 2.59. The first kappa shape index (κ1) is 17.5. The van der Waals surface area contributed by atoms with Crippen molar-refractivity contribution in [2.45, 2.75) is 20.8 Å². The number of nitrogens with one attached hydrogen (secondary N) is 1. The Morgan fingerprint density at radius 2 is 1.71 bits per heavy atom. The SMILES string of the molecule is CCOC(=O)c1sc(NC(=O)CCl)c(C(=O)OCC)c1C. The highest BCUT2D eigenvalue weighted by Crippen LogP contribution is 2.34. The molecule has 0 radical (unpaired) electrons. The van der Waals surface area contributed by atoms with Gasteiger partial charge < -0.3 is 14.8 Å². The predicted molar refractivity (Wildman–Crippen MR) is 80.3 cm³/mol. The summed E-state index contributed by atoms with van der Waals surface area (Å²) in [6, 6.07) is 0. The van der Waals surface area contributed by atoms with Crippen LogP contribution in [0.1, 0.15) is 39.4 Å². The molecule has 6 nitrogen and oxygen atoms in total. The Hall–Kier alpha value is -1.60. The van der Waals surface area contributed by atoms with E-state index in [0.717, 1.165) is 11.3 Å². The zero-order valence-electron chi connectivity index (χ0n) is 11.9. The molecule has 0 aliphatic heterocycles. The van der Waals surface area contributed by atoms with Crippen LogP contribution < -0.4 is 5.32 Å². The monoisotopic (exact) mass is 333 g/mol. The third kappa shape index (κ3) is 4.18. The summed E-state index contributed by atoms with van der Waals surface area (Å²) in [7, 11) is 0. The van der Waals surface area contributed by atoms with Crippen molar-refractivity contribution in [1.82, 2.24) is 0 Å². The number of carbonyl (C=O) groups excluding carboxylic acids is 3. The van der Waals surface area contributed by atoms with Crippen LogP contribution in [0.25, 0.3) is 0 Å². The van der Waals surface area contributed by atoms with Crippen LogP contribution in [0, 0.1) is 6.92 Å². The highest BCUT2D eigenvalue weighted by molar-refractivity contribution is 7.18. The quantitative estimate of drug-likeness (QED) is 0.639. The Balaban J connectivity index is 3.26. The summed E-state index contributed by atoms with van der Waals surface area (Å²) in [6.45, 7) is 5.36. The average Bonchev–Trinajstić information content (AvgIpc) is 2.76. The lowest BCUT2D eigenvalue weighted by atomic mass is 10.1. The van der Waals surface area contributed by atoms with Gasteiger partial charge in [-0.2, -0.15) is 0 Å². The number of esters is 2. The van der Waals surface area contributed by atoms with E-state index in [9.17, 15) is 14.4 Å². The fourth-order valence-electron chi connectivity index (χ4n) is 1.60. The summed E-state index contributed by atoms with van der Waals surface area (Å²) in [5.74, 6) is -1.88. The second kappa shape index (κ2) is 7.99. The van der Waals surface area contributed by atoms with E-state index < -0.39 is 17.8 Å². The summed E-state index contributed by atoms with van der Waals surface area (Å²) in [6.07, 6.45) is 0. The average molecular weight is 334 g/mol. The third-order valence-corrected chi connectivity index (χ3v) is 3.89. The van der Waals surface area contributed by atoms with E-state index in [1.807, 2.05) is 0 Å². The second-order valence-electron chi connectivity index (χ2n) is 3.88. The maximum absolute atomic E-state index is 12.0. The molecule has 1 heterocycles. The van der Waals surface area contributed by atoms with Gasteiger partial charge in [-0.1, -0.05) is 0 Å². The number of amides is 1. The molecule has 0 saturated carbocycles. The fourth-order valence-corrected chi connectivity index (χ4v) is 2.77. The van der Waals surface area contributed by atoms with E-state index in [0.29, 0.717) is 5.56 Å². The highest BCUT2D eigenvalue weighted by atomic mass is 35.5. The van der Waals surface area contributed by atoms with Crippen LogP contribution in [0.4, 0.5) is 5.00 Å². The zero-order valence-corrected chi connectivity index (χ0v) is 13.5. The largest absolute Gasteiger partial charge is 0.462 e. The molecule has 1 aromatic heterocycles. The first-order valence-corrected chi connectivity index (χ1v) is 7.64. The van der Waals surface area contributed by atoms with Crippen molar-refractivity contribution in [2.24, 2.45) is 0 Å². The minimum Gasteiger partial charge on any atom is -0.462 e. The standard InChI is InChI=1S/C13H16ClNO5S/c1-4-19-12(17)9-7(3)10(13(18)20-5-2)21-11(9)15-8(16)6-14/h4-6H2,1-3H3,(H,15,16). The highest BCUT2D eigenvalue weighted by Gasteiger charge is 2.27. The summed E-state index contributed by atoms with van der Waals surface area (Å²) < 4.78 is 9.88. The Morgan fingerprint density at radius 1 is 1.14 bits per heavy atom. The Kier molecular flexibility index (Phi) is 6.64. The van der Waals surface area contributed by atoms with Crippen molar-refractivity contribution >= 4 is 45.8 Å². The van der Waals surface area contributed by atoms with Crippen LogP contribution in [-0.4, -0.2) is 36.9 Å². The van der Waals surface area contributed by atoms with Crippen LogP contribution in [-0.2, 0) is 14.3 Å². The molecule has 0 unspecified atom stereocenters. The van der Waals surface area contributed by atoms with Gasteiger partial charge in [-0.3, -0.25) is 4.79 Å². The van der Waals surface area contributed by atoms with Gasteiger partial charge in [0.15, 0.2) is 0 Å². The van der Waals surface area contributed by atoms with Gasteiger partial charge in [0.25, 0.3) is 0 Å². The molecule has 0 aromatic carbocycles. The molecule has 116 valence electrons. The molecule has 0 bridgehead atoms. The van der Waals surface area contributed by atoms with Crippen LogP contribution in [0.5, 0.6) is 0 Å². The third-order valence-electron chi connectivity index (χ3n) is 2.46. The van der Waals surface area contributed by atoms with Crippen molar-refractivity contribution in [3.63, 3.8) is 0 Å². The van der Waals surface area contributed by atoms with Crippen molar-refractivity contribution < 1.29 is 23.9 Å². The van der Waals surface area contributed by atoms with E-state index in [1.54, 1.807) is 20.8 Å². The maximum atomic E-state index is 12.0. The van der Waals surface area contributed by atoms with Crippen LogP contribution in [0.2, 0.25) is 0 Å². The number of carbonyl (C=O) groups is 3. The minimum absolute atomic E-state index is 0.156. The lowest BCUT2D eigenvalue weighted by Gasteiger charge is -2.05. The van der Waals surface area contributed by atoms with Crippen molar-refractivity contribution in [1.29, 1.82) is 0 Å². The van der Waals surface area contributed by atoms with Gasteiger partial charge in [-0.05, 0) is 26.3 Å².